The Morgan fingerprint density at radius 1 is 0.914 bits per heavy atom. The van der Waals surface area contributed by atoms with Crippen molar-refractivity contribution in [3.8, 4) is 28.8 Å². The average molecular weight is 559 g/mol. The molecule has 0 saturated carbocycles. The van der Waals surface area contributed by atoms with Gasteiger partial charge in [0.05, 0.1) is 29.3 Å². The molecule has 4 aromatic rings. The van der Waals surface area contributed by atoms with Crippen molar-refractivity contribution in [1.29, 1.82) is 0 Å². The standard InChI is InChI=1S/C21H18Cl3N5O5S/c1-32-16-4-3-12(9-17(16)33-2)21-27-26-19-5-6-20(28-29(19)21)34-8-7-25-35(30,31)18-11-14(23)13(22)10-15(18)24/h3-6,9-11,25H,7-8H2,1-2H3. The highest BCUT2D eigenvalue weighted by Crippen LogP contribution is 2.32. The molecule has 10 nitrogen and oxygen atoms in total. The van der Waals surface area contributed by atoms with Gasteiger partial charge in [-0.15, -0.1) is 15.3 Å². The Hall–Kier alpha value is -2.83. The van der Waals surface area contributed by atoms with Crippen LogP contribution in [0.3, 0.4) is 0 Å². The Morgan fingerprint density at radius 3 is 2.40 bits per heavy atom. The van der Waals surface area contributed by atoms with Crippen LogP contribution in [0.2, 0.25) is 15.1 Å². The number of ether oxygens (including phenoxy) is 3. The maximum Gasteiger partial charge on any atom is 0.242 e. The first-order valence-electron chi connectivity index (χ1n) is 9.95. The lowest BCUT2D eigenvalue weighted by molar-refractivity contribution is 0.306. The van der Waals surface area contributed by atoms with E-state index in [0.717, 1.165) is 0 Å². The summed E-state index contributed by atoms with van der Waals surface area (Å²) in [5.74, 6) is 1.81. The van der Waals surface area contributed by atoms with E-state index in [1.807, 2.05) is 0 Å². The largest absolute Gasteiger partial charge is 0.493 e. The minimum Gasteiger partial charge on any atom is -0.493 e. The number of aromatic nitrogens is 4. The second kappa shape index (κ2) is 10.4. The van der Waals surface area contributed by atoms with Crippen molar-refractivity contribution < 1.29 is 22.6 Å². The molecule has 0 aliphatic carbocycles. The molecule has 0 aliphatic rings. The molecule has 2 heterocycles. The van der Waals surface area contributed by atoms with Gasteiger partial charge in [-0.3, -0.25) is 0 Å². The number of halogens is 3. The van der Waals surface area contributed by atoms with Gasteiger partial charge in [-0.2, -0.15) is 4.52 Å². The summed E-state index contributed by atoms with van der Waals surface area (Å²) in [7, 11) is -0.849. The van der Waals surface area contributed by atoms with E-state index >= 15 is 0 Å². The molecule has 0 saturated heterocycles. The van der Waals surface area contributed by atoms with E-state index in [1.165, 1.54) is 23.8 Å². The SMILES string of the molecule is COc1ccc(-c2nnc3ccc(OCCNS(=O)(=O)c4cc(Cl)c(Cl)cc4Cl)nn23)cc1OC. The van der Waals surface area contributed by atoms with Gasteiger partial charge in [0.2, 0.25) is 15.9 Å². The van der Waals surface area contributed by atoms with Crippen LogP contribution in [-0.4, -0.2) is 55.6 Å². The van der Waals surface area contributed by atoms with Crippen molar-refractivity contribution in [3.05, 3.63) is 57.5 Å². The maximum absolute atomic E-state index is 12.6. The summed E-state index contributed by atoms with van der Waals surface area (Å²) < 4.78 is 45.3. The molecule has 1 N–H and O–H groups in total. The molecule has 14 heteroatoms. The lowest BCUT2D eigenvalue weighted by atomic mass is 10.2. The van der Waals surface area contributed by atoms with Gasteiger partial charge in [-0.25, -0.2) is 13.1 Å². The Morgan fingerprint density at radius 2 is 1.66 bits per heavy atom. The first-order valence-corrected chi connectivity index (χ1v) is 12.6. The molecule has 0 atom stereocenters. The molecular weight excluding hydrogens is 541 g/mol. The van der Waals surface area contributed by atoms with Crippen molar-refractivity contribution >= 4 is 50.5 Å². The van der Waals surface area contributed by atoms with Gasteiger partial charge in [0.15, 0.2) is 23.0 Å². The number of nitrogens with zero attached hydrogens (tertiary/aromatic N) is 4. The third kappa shape index (κ3) is 5.39. The zero-order chi connectivity index (χ0) is 25.2. The van der Waals surface area contributed by atoms with Gasteiger partial charge >= 0.3 is 0 Å². The molecule has 0 unspecified atom stereocenters. The van der Waals surface area contributed by atoms with Gasteiger partial charge in [-0.1, -0.05) is 34.8 Å². The molecular formula is C21H18Cl3N5O5S. The highest BCUT2D eigenvalue weighted by molar-refractivity contribution is 7.89. The lowest BCUT2D eigenvalue weighted by Gasteiger charge is -2.11. The first kappa shape index (κ1) is 25.3. The van der Waals surface area contributed by atoms with Crippen LogP contribution in [0, 0.1) is 0 Å². The molecule has 184 valence electrons. The number of methoxy groups -OCH3 is 2. The Kier molecular flexibility index (Phi) is 7.53. The molecule has 2 aromatic carbocycles. The van der Waals surface area contributed by atoms with Gasteiger partial charge in [0.25, 0.3) is 0 Å². The van der Waals surface area contributed by atoms with Crippen molar-refractivity contribution in [2.24, 2.45) is 0 Å². The summed E-state index contributed by atoms with van der Waals surface area (Å²) in [6.07, 6.45) is 0. The van der Waals surface area contributed by atoms with Gasteiger partial charge < -0.3 is 14.2 Å². The average Bonchev–Trinajstić information content (AvgIpc) is 3.27. The van der Waals surface area contributed by atoms with Crippen LogP contribution >= 0.6 is 34.8 Å². The maximum atomic E-state index is 12.6. The topological polar surface area (TPSA) is 117 Å². The number of rotatable bonds is 9. The van der Waals surface area contributed by atoms with Crippen molar-refractivity contribution in [2.45, 2.75) is 4.90 Å². The van der Waals surface area contributed by atoms with Crippen LogP contribution in [0.5, 0.6) is 17.4 Å². The third-order valence-corrected chi connectivity index (χ3v) is 7.44. The van der Waals surface area contributed by atoms with Crippen LogP contribution in [0.25, 0.3) is 17.0 Å². The van der Waals surface area contributed by atoms with E-state index in [1.54, 1.807) is 37.4 Å². The van der Waals surface area contributed by atoms with Gasteiger partial charge in [0.1, 0.15) is 11.5 Å². The van der Waals surface area contributed by atoms with Gasteiger partial charge in [-0.05, 0) is 36.4 Å². The Labute approximate surface area is 215 Å². The second-order valence-electron chi connectivity index (χ2n) is 6.98. The highest BCUT2D eigenvalue weighted by atomic mass is 35.5. The predicted molar refractivity (Wildman–Crippen MR) is 131 cm³/mol. The minimum absolute atomic E-state index is 0.00943. The summed E-state index contributed by atoms with van der Waals surface area (Å²) in [6, 6.07) is 11.1. The zero-order valence-corrected chi connectivity index (χ0v) is 21.4. The van der Waals surface area contributed by atoms with Crippen molar-refractivity contribution in [2.75, 3.05) is 27.4 Å². The number of nitrogens with one attached hydrogen (secondary N) is 1. The number of sulfonamides is 1. The molecule has 0 amide bonds. The molecule has 0 fully saturated rings. The minimum atomic E-state index is -3.94. The number of hydrogen-bond acceptors (Lipinski definition) is 8. The van der Waals surface area contributed by atoms with Crippen LogP contribution in [0.15, 0.2) is 47.4 Å². The fraction of sp³-hybridized carbons (Fsp3) is 0.190. The van der Waals surface area contributed by atoms with E-state index < -0.39 is 10.0 Å². The summed E-state index contributed by atoms with van der Waals surface area (Å²) in [6.45, 7) is -0.0617. The highest BCUT2D eigenvalue weighted by Gasteiger charge is 2.20. The fourth-order valence-corrected chi connectivity index (χ4v) is 5.14. The van der Waals surface area contributed by atoms with Crippen LogP contribution in [0.4, 0.5) is 0 Å². The Balaban J connectivity index is 1.47. The monoisotopic (exact) mass is 557 g/mol. The van der Waals surface area contributed by atoms with Gasteiger partial charge in [0, 0.05) is 18.2 Å². The van der Waals surface area contributed by atoms with E-state index in [4.69, 9.17) is 49.0 Å². The number of benzene rings is 2. The molecule has 4 rings (SSSR count). The normalized spacial score (nSPS) is 11.6. The van der Waals surface area contributed by atoms with E-state index in [9.17, 15) is 8.42 Å². The number of hydrogen-bond donors (Lipinski definition) is 1. The van der Waals surface area contributed by atoms with E-state index in [0.29, 0.717) is 28.5 Å². The lowest BCUT2D eigenvalue weighted by Crippen LogP contribution is -2.28. The zero-order valence-electron chi connectivity index (χ0n) is 18.3. The summed E-state index contributed by atoms with van der Waals surface area (Å²) in [5, 5.41) is 12.9. The number of fused-ring (bicyclic) bond motifs is 1. The van der Waals surface area contributed by atoms with Crippen LogP contribution in [-0.2, 0) is 10.0 Å². The molecule has 0 bridgehead atoms. The van der Waals surface area contributed by atoms with Crippen LogP contribution < -0.4 is 18.9 Å². The molecule has 35 heavy (non-hydrogen) atoms. The molecule has 0 radical (unpaired) electrons. The molecule has 0 aliphatic heterocycles. The fourth-order valence-electron chi connectivity index (χ4n) is 3.12. The van der Waals surface area contributed by atoms with Crippen molar-refractivity contribution in [3.63, 3.8) is 0 Å². The second-order valence-corrected chi connectivity index (χ2v) is 9.93. The summed E-state index contributed by atoms with van der Waals surface area (Å²) >= 11 is 17.8. The third-order valence-electron chi connectivity index (χ3n) is 4.79. The van der Waals surface area contributed by atoms with Crippen LogP contribution in [0.1, 0.15) is 0 Å². The smallest absolute Gasteiger partial charge is 0.242 e. The summed E-state index contributed by atoms with van der Waals surface area (Å²) in [5.41, 5.74) is 1.20. The van der Waals surface area contributed by atoms with E-state index in [-0.39, 0.29) is 39.0 Å². The van der Waals surface area contributed by atoms with Crippen molar-refractivity contribution in [1.82, 2.24) is 24.5 Å². The predicted octanol–water partition coefficient (Wildman–Crippen LogP) is 4.13. The van der Waals surface area contributed by atoms with E-state index in [2.05, 4.69) is 20.0 Å². The first-order chi connectivity index (χ1) is 16.7. The molecule has 2 aromatic heterocycles. The Bertz CT molecular complexity index is 1500. The molecule has 0 spiro atoms. The summed E-state index contributed by atoms with van der Waals surface area (Å²) in [4.78, 5) is -0.183. The quantitative estimate of drug-likeness (QED) is 0.241.